The van der Waals surface area contributed by atoms with E-state index in [-0.39, 0.29) is 0 Å². The molecule has 1 aliphatic carbocycles. The fourth-order valence-corrected chi connectivity index (χ4v) is 5.61. The smallest absolute Gasteiger partial charge is 0.204 e. The van der Waals surface area contributed by atoms with E-state index >= 15 is 0 Å². The van der Waals surface area contributed by atoms with Gasteiger partial charge >= 0.3 is 0 Å². The molecule has 2 heterocycles. The predicted molar refractivity (Wildman–Crippen MR) is 108 cm³/mol. The summed E-state index contributed by atoms with van der Waals surface area (Å²) in [6.45, 7) is 2.97. The zero-order valence-electron chi connectivity index (χ0n) is 16.1. The van der Waals surface area contributed by atoms with Gasteiger partial charge in [-0.1, -0.05) is 19.3 Å². The van der Waals surface area contributed by atoms with Crippen LogP contribution in [0.25, 0.3) is 0 Å². The number of aliphatic imine (C=N–C) groups is 1. The third-order valence-electron chi connectivity index (χ3n) is 5.41. The van der Waals surface area contributed by atoms with Crippen LogP contribution in [0.4, 0.5) is 5.95 Å². The van der Waals surface area contributed by atoms with E-state index in [9.17, 15) is 0 Å². The highest BCUT2D eigenvalue weighted by molar-refractivity contribution is 8.00. The Morgan fingerprint density at radius 1 is 1.36 bits per heavy atom. The van der Waals surface area contributed by atoms with Crippen molar-refractivity contribution in [1.29, 1.82) is 0 Å². The molecule has 1 saturated carbocycles. The molecule has 2 fully saturated rings. The fraction of sp³-hybridized carbons (Fsp3) is 0.778. The first-order valence-corrected chi connectivity index (χ1v) is 10.3. The molecule has 2 aliphatic rings. The highest BCUT2D eigenvalue weighted by atomic mass is 32.2. The van der Waals surface area contributed by atoms with Crippen LogP contribution in [0.1, 0.15) is 37.8 Å². The van der Waals surface area contributed by atoms with Crippen molar-refractivity contribution < 1.29 is 0 Å². The van der Waals surface area contributed by atoms with Gasteiger partial charge in [0.05, 0.1) is 18.4 Å². The lowest BCUT2D eigenvalue weighted by atomic mass is 9.87. The van der Waals surface area contributed by atoms with Crippen molar-refractivity contribution in [3.63, 3.8) is 0 Å². The summed E-state index contributed by atoms with van der Waals surface area (Å²) in [5, 5.41) is 3.56. The van der Waals surface area contributed by atoms with Crippen LogP contribution in [0.15, 0.2) is 11.2 Å². The van der Waals surface area contributed by atoms with Gasteiger partial charge in [-0.2, -0.15) is 11.8 Å². The Morgan fingerprint density at radius 2 is 2.12 bits per heavy atom. The van der Waals surface area contributed by atoms with Crippen molar-refractivity contribution in [2.24, 2.45) is 12.0 Å². The molecule has 1 N–H and O–H groups in total. The van der Waals surface area contributed by atoms with E-state index in [4.69, 9.17) is 0 Å². The van der Waals surface area contributed by atoms with Crippen molar-refractivity contribution in [1.82, 2.24) is 19.8 Å². The lowest BCUT2D eigenvalue weighted by Gasteiger charge is -2.45. The maximum atomic E-state index is 4.56. The number of nitrogens with zero attached hydrogens (tertiary/aromatic N) is 5. The second-order valence-electron chi connectivity index (χ2n) is 7.42. The van der Waals surface area contributed by atoms with Crippen LogP contribution < -0.4 is 10.2 Å². The Kier molecular flexibility index (Phi) is 5.81. The Morgan fingerprint density at radius 3 is 2.76 bits per heavy atom. The first-order valence-electron chi connectivity index (χ1n) is 9.32. The zero-order valence-corrected chi connectivity index (χ0v) is 16.9. The van der Waals surface area contributed by atoms with Gasteiger partial charge in [0, 0.05) is 51.8 Å². The molecule has 1 spiro atoms. The van der Waals surface area contributed by atoms with Crippen LogP contribution in [0, 0.1) is 0 Å². The molecule has 1 aromatic heterocycles. The van der Waals surface area contributed by atoms with E-state index in [1.165, 1.54) is 43.6 Å². The van der Waals surface area contributed by atoms with Gasteiger partial charge in [0.15, 0.2) is 5.96 Å². The number of imidazole rings is 1. The highest BCUT2D eigenvalue weighted by Gasteiger charge is 2.38. The minimum atomic E-state index is 0.457. The third-order valence-corrected chi connectivity index (χ3v) is 6.95. The van der Waals surface area contributed by atoms with Gasteiger partial charge in [-0.05, 0) is 12.8 Å². The van der Waals surface area contributed by atoms with Gasteiger partial charge in [-0.3, -0.25) is 4.99 Å². The summed E-state index contributed by atoms with van der Waals surface area (Å²) in [6.07, 6.45) is 8.84. The molecule has 1 aliphatic heterocycles. The van der Waals surface area contributed by atoms with Crippen LogP contribution in [-0.4, -0.2) is 65.1 Å². The number of guanidine groups is 1. The summed E-state index contributed by atoms with van der Waals surface area (Å²) in [5.41, 5.74) is 1.17. The second kappa shape index (κ2) is 7.89. The number of aromatic nitrogens is 2. The number of rotatable bonds is 3. The monoisotopic (exact) mass is 364 g/mol. The SMILES string of the molecule is CN=C(NCc1cnc(N(C)C)n1C)N1CCSC2(CCCCC2)C1. The summed E-state index contributed by atoms with van der Waals surface area (Å²) < 4.78 is 2.59. The molecule has 25 heavy (non-hydrogen) atoms. The summed E-state index contributed by atoms with van der Waals surface area (Å²) in [6, 6.07) is 0. The maximum absolute atomic E-state index is 4.56. The van der Waals surface area contributed by atoms with E-state index in [2.05, 4.69) is 43.6 Å². The summed E-state index contributed by atoms with van der Waals surface area (Å²) in [4.78, 5) is 13.5. The molecule has 1 saturated heterocycles. The molecule has 0 aromatic carbocycles. The molecule has 6 nitrogen and oxygen atoms in total. The molecular weight excluding hydrogens is 332 g/mol. The number of anilines is 1. The Labute approximate surface area is 156 Å². The molecule has 0 radical (unpaired) electrons. The Bertz CT molecular complexity index is 597. The topological polar surface area (TPSA) is 48.7 Å². The van der Waals surface area contributed by atoms with Crippen molar-refractivity contribution in [3.8, 4) is 0 Å². The lowest BCUT2D eigenvalue weighted by molar-refractivity contribution is 0.293. The summed E-state index contributed by atoms with van der Waals surface area (Å²) in [5.74, 6) is 3.21. The standard InChI is InChI=1S/C18H32N6S/c1-19-16(20-12-15-13-21-17(22(2)3)23(15)4)24-10-11-25-18(14-24)8-6-5-7-9-18/h13H,5-12,14H2,1-4H3,(H,19,20). The van der Waals surface area contributed by atoms with Gasteiger partial charge in [0.2, 0.25) is 5.95 Å². The second-order valence-corrected chi connectivity index (χ2v) is 8.98. The van der Waals surface area contributed by atoms with Crippen molar-refractivity contribution >= 4 is 23.7 Å². The van der Waals surface area contributed by atoms with E-state index < -0.39 is 0 Å². The third kappa shape index (κ3) is 4.07. The number of thioether (sulfide) groups is 1. The van der Waals surface area contributed by atoms with Gasteiger partial charge in [0.25, 0.3) is 0 Å². The summed E-state index contributed by atoms with van der Waals surface area (Å²) in [7, 11) is 8.00. The Balaban J connectivity index is 1.63. The molecule has 0 amide bonds. The van der Waals surface area contributed by atoms with E-state index in [1.54, 1.807) is 0 Å². The molecular formula is C18H32N6S. The van der Waals surface area contributed by atoms with Crippen LogP contribution in [-0.2, 0) is 13.6 Å². The molecule has 7 heteroatoms. The first-order chi connectivity index (χ1) is 12.0. The first kappa shape index (κ1) is 18.4. The van der Waals surface area contributed by atoms with Crippen LogP contribution >= 0.6 is 11.8 Å². The highest BCUT2D eigenvalue weighted by Crippen LogP contribution is 2.42. The molecule has 140 valence electrons. The van der Waals surface area contributed by atoms with Crippen molar-refractivity contribution in [3.05, 3.63) is 11.9 Å². The van der Waals surface area contributed by atoms with E-state index in [0.717, 1.165) is 31.5 Å². The minimum Gasteiger partial charge on any atom is -0.351 e. The predicted octanol–water partition coefficient (Wildman–Crippen LogP) is 2.31. The van der Waals surface area contributed by atoms with Crippen molar-refractivity contribution in [2.75, 3.05) is 44.9 Å². The molecule has 0 bridgehead atoms. The van der Waals surface area contributed by atoms with Gasteiger partial charge in [0.1, 0.15) is 0 Å². The van der Waals surface area contributed by atoms with Crippen LogP contribution in [0.2, 0.25) is 0 Å². The largest absolute Gasteiger partial charge is 0.351 e. The molecule has 0 atom stereocenters. The van der Waals surface area contributed by atoms with Gasteiger partial charge in [-0.25, -0.2) is 4.98 Å². The molecule has 1 aromatic rings. The average Bonchev–Trinajstić information content (AvgIpc) is 2.97. The minimum absolute atomic E-state index is 0.457. The van der Waals surface area contributed by atoms with E-state index in [1.807, 2.05) is 32.2 Å². The fourth-order valence-electron chi connectivity index (χ4n) is 4.04. The molecule has 0 unspecified atom stereocenters. The van der Waals surface area contributed by atoms with Gasteiger partial charge < -0.3 is 19.7 Å². The van der Waals surface area contributed by atoms with Crippen molar-refractivity contribution in [2.45, 2.75) is 43.4 Å². The Hall–Kier alpha value is -1.37. The number of hydrogen-bond donors (Lipinski definition) is 1. The number of nitrogens with one attached hydrogen (secondary N) is 1. The zero-order chi connectivity index (χ0) is 17.9. The average molecular weight is 365 g/mol. The maximum Gasteiger partial charge on any atom is 0.204 e. The summed E-state index contributed by atoms with van der Waals surface area (Å²) >= 11 is 2.20. The molecule has 3 rings (SSSR count). The quantitative estimate of drug-likeness (QED) is 0.659. The lowest BCUT2D eigenvalue weighted by Crippen LogP contribution is -2.53. The van der Waals surface area contributed by atoms with Gasteiger partial charge in [-0.15, -0.1) is 0 Å². The van der Waals surface area contributed by atoms with Crippen LogP contribution in [0.5, 0.6) is 0 Å². The van der Waals surface area contributed by atoms with Crippen LogP contribution in [0.3, 0.4) is 0 Å². The number of hydrogen-bond acceptors (Lipinski definition) is 4. The normalized spacial score (nSPS) is 20.8. The van der Waals surface area contributed by atoms with E-state index in [0.29, 0.717) is 4.75 Å².